The molecule has 2 aromatic carbocycles. The Morgan fingerprint density at radius 1 is 0.978 bits per heavy atom. The Balaban J connectivity index is 1.07. The van der Waals surface area contributed by atoms with Crippen LogP contribution in [0.2, 0.25) is 0 Å². The van der Waals surface area contributed by atoms with E-state index in [-0.39, 0.29) is 16.9 Å². The lowest BCUT2D eigenvalue weighted by molar-refractivity contribution is 0.0262. The third kappa shape index (κ3) is 5.72. The Morgan fingerprint density at radius 3 is 2.37 bits per heavy atom. The maximum atomic E-state index is 13.5. The molecule has 1 aliphatic carbocycles. The Labute approximate surface area is 273 Å². The molecule has 0 radical (unpaired) electrons. The number of carboxylic acids is 1. The fourth-order valence-electron chi connectivity index (χ4n) is 9.25. The van der Waals surface area contributed by atoms with E-state index in [0.717, 1.165) is 43.6 Å². The van der Waals surface area contributed by atoms with Gasteiger partial charge in [0.25, 0.3) is 5.91 Å². The van der Waals surface area contributed by atoms with Crippen molar-refractivity contribution in [2.24, 2.45) is 17.3 Å². The van der Waals surface area contributed by atoms with Gasteiger partial charge in [-0.3, -0.25) is 9.69 Å². The van der Waals surface area contributed by atoms with Crippen LogP contribution in [0.1, 0.15) is 97.8 Å². The first kappa shape index (κ1) is 30.9. The molecule has 1 amide bonds. The van der Waals surface area contributed by atoms with Gasteiger partial charge in [-0.2, -0.15) is 0 Å². The Morgan fingerprint density at radius 2 is 1.70 bits per heavy atom. The molecule has 7 heteroatoms. The van der Waals surface area contributed by atoms with Gasteiger partial charge < -0.3 is 14.6 Å². The molecule has 2 unspecified atom stereocenters. The van der Waals surface area contributed by atoms with E-state index >= 15 is 0 Å². The summed E-state index contributed by atoms with van der Waals surface area (Å²) in [5.74, 6) is 1.07. The number of imidazole rings is 1. The van der Waals surface area contributed by atoms with Crippen LogP contribution in [0, 0.1) is 24.2 Å². The lowest BCUT2D eigenvalue weighted by atomic mass is 9.64. The molecule has 242 valence electrons. The van der Waals surface area contributed by atoms with Gasteiger partial charge in [0.1, 0.15) is 5.82 Å². The van der Waals surface area contributed by atoms with Crippen molar-refractivity contribution in [1.29, 1.82) is 0 Å². The average Bonchev–Trinajstić information content (AvgIpc) is 3.53. The van der Waals surface area contributed by atoms with Gasteiger partial charge in [-0.05, 0) is 118 Å². The lowest BCUT2D eigenvalue weighted by Gasteiger charge is -2.48. The normalized spacial score (nSPS) is 26.1. The van der Waals surface area contributed by atoms with Crippen LogP contribution in [-0.4, -0.2) is 68.1 Å². The molecule has 4 atom stereocenters. The monoisotopic (exact) mass is 620 g/mol. The summed E-state index contributed by atoms with van der Waals surface area (Å²) in [5.41, 5.74) is 4.57. The summed E-state index contributed by atoms with van der Waals surface area (Å²) >= 11 is 0. The molecule has 1 N–H and O–H groups in total. The highest BCUT2D eigenvalue weighted by molar-refractivity contribution is 5.97. The van der Waals surface area contributed by atoms with Crippen LogP contribution in [0.25, 0.3) is 11.0 Å². The zero-order chi connectivity index (χ0) is 32.0. The second-order valence-electron chi connectivity index (χ2n) is 14.6. The van der Waals surface area contributed by atoms with Crippen molar-refractivity contribution in [3.63, 3.8) is 0 Å². The fourth-order valence-corrected chi connectivity index (χ4v) is 9.25. The first-order valence-electron chi connectivity index (χ1n) is 17.4. The van der Waals surface area contributed by atoms with Crippen LogP contribution in [0.3, 0.4) is 0 Å². The van der Waals surface area contributed by atoms with Crippen molar-refractivity contribution in [3.05, 3.63) is 89.3 Å². The number of carboxylic acid groups (broad SMARTS) is 1. The minimum atomic E-state index is -1.00. The number of hydrogen-bond donors (Lipinski definition) is 1. The standard InChI is InChI=1S/C39H48N4O3/c1-26(2)28-11-13-31(14-12-28)39(17-20-41(21-18-39)37(44)29-7-6-8-30(23-29)38(45)46)19-22-42-32-15-16-33(42)25-34(24-32)43-27(3)40-35-9-4-5-10-36(35)43/h4-13,23,26,31-34H,14-22,24-25H2,1-3H3,(H,45,46)/t31?,32-,33+,34?. The number of carbonyl (C=O) groups excluding carboxylic acids is 1. The SMILES string of the molecule is Cc1nc2ccccc2n1C1C[C@H]2CC[C@@H](C1)N2CCC1(C2C=CC(C(C)C)=CC2)CCN(C(=O)c2cccc(C(=O)O)c2)CC1. The van der Waals surface area contributed by atoms with Crippen LogP contribution in [-0.2, 0) is 0 Å². The van der Waals surface area contributed by atoms with Gasteiger partial charge in [0.05, 0.1) is 16.6 Å². The number of carbonyl (C=O) groups is 2. The zero-order valence-electron chi connectivity index (χ0n) is 27.6. The van der Waals surface area contributed by atoms with Crippen molar-refractivity contribution in [2.45, 2.75) is 90.3 Å². The molecule has 1 aromatic heterocycles. The van der Waals surface area contributed by atoms with Gasteiger partial charge in [0.15, 0.2) is 0 Å². The number of aromatic nitrogens is 2. The molecular formula is C39H48N4O3. The topological polar surface area (TPSA) is 78.7 Å². The molecule has 3 saturated heterocycles. The Bertz CT molecular complexity index is 1660. The van der Waals surface area contributed by atoms with E-state index in [1.807, 2.05) is 4.90 Å². The van der Waals surface area contributed by atoms with E-state index in [1.54, 1.807) is 18.2 Å². The third-order valence-corrected chi connectivity index (χ3v) is 11.8. The molecule has 0 saturated carbocycles. The quantitative estimate of drug-likeness (QED) is 0.280. The van der Waals surface area contributed by atoms with Crippen LogP contribution in [0.4, 0.5) is 0 Å². The predicted octanol–water partition coefficient (Wildman–Crippen LogP) is 7.68. The number of benzene rings is 2. The minimum absolute atomic E-state index is 0.0553. The van der Waals surface area contributed by atoms with Crippen molar-refractivity contribution >= 4 is 22.9 Å². The molecule has 7 rings (SSSR count). The third-order valence-electron chi connectivity index (χ3n) is 11.8. The summed E-state index contributed by atoms with van der Waals surface area (Å²) < 4.78 is 2.52. The second-order valence-corrected chi connectivity index (χ2v) is 14.6. The predicted molar refractivity (Wildman–Crippen MR) is 182 cm³/mol. The maximum Gasteiger partial charge on any atom is 0.335 e. The number of likely N-dealkylation sites (tertiary alicyclic amines) is 1. The van der Waals surface area contributed by atoms with Crippen molar-refractivity contribution in [2.75, 3.05) is 19.6 Å². The van der Waals surface area contributed by atoms with E-state index in [2.05, 4.69) is 72.7 Å². The van der Waals surface area contributed by atoms with E-state index in [1.165, 1.54) is 42.8 Å². The molecule has 3 aliphatic heterocycles. The lowest BCUT2D eigenvalue weighted by Crippen LogP contribution is -2.49. The maximum absolute atomic E-state index is 13.5. The zero-order valence-corrected chi connectivity index (χ0v) is 27.6. The number of amides is 1. The minimum Gasteiger partial charge on any atom is -0.478 e. The summed E-state index contributed by atoms with van der Waals surface area (Å²) in [4.78, 5) is 34.7. The van der Waals surface area contributed by atoms with Gasteiger partial charge in [0.2, 0.25) is 0 Å². The van der Waals surface area contributed by atoms with Crippen molar-refractivity contribution in [1.82, 2.24) is 19.4 Å². The van der Waals surface area contributed by atoms with E-state index in [9.17, 15) is 14.7 Å². The van der Waals surface area contributed by atoms with Crippen molar-refractivity contribution in [3.8, 4) is 0 Å². The summed E-state index contributed by atoms with van der Waals surface area (Å²) in [6.07, 6.45) is 16.4. The van der Waals surface area contributed by atoms with Crippen LogP contribution < -0.4 is 0 Å². The molecule has 46 heavy (non-hydrogen) atoms. The number of fused-ring (bicyclic) bond motifs is 3. The highest BCUT2D eigenvalue weighted by atomic mass is 16.4. The number of para-hydroxylation sites is 2. The highest BCUT2D eigenvalue weighted by Gasteiger charge is 2.45. The van der Waals surface area contributed by atoms with E-state index in [0.29, 0.717) is 48.6 Å². The molecule has 2 bridgehead atoms. The molecule has 0 spiro atoms. The second kappa shape index (κ2) is 12.5. The first-order chi connectivity index (χ1) is 22.2. The van der Waals surface area contributed by atoms with Crippen LogP contribution in [0.5, 0.6) is 0 Å². The average molecular weight is 621 g/mol. The number of rotatable bonds is 8. The van der Waals surface area contributed by atoms with E-state index in [4.69, 9.17) is 4.98 Å². The first-order valence-corrected chi connectivity index (χ1v) is 17.4. The number of piperidine rings is 2. The number of aromatic carboxylic acids is 1. The largest absolute Gasteiger partial charge is 0.478 e. The number of hydrogen-bond acceptors (Lipinski definition) is 4. The fraction of sp³-hybridized carbons (Fsp3) is 0.513. The van der Waals surface area contributed by atoms with Crippen molar-refractivity contribution < 1.29 is 14.7 Å². The number of allylic oxidation sites excluding steroid dienone is 4. The summed E-state index contributed by atoms with van der Waals surface area (Å²) in [6.45, 7) is 9.24. The summed E-state index contributed by atoms with van der Waals surface area (Å²) in [7, 11) is 0. The van der Waals surface area contributed by atoms with E-state index < -0.39 is 5.97 Å². The Hall–Kier alpha value is -3.71. The molecule has 3 aromatic rings. The van der Waals surface area contributed by atoms with Gasteiger partial charge in [0, 0.05) is 36.8 Å². The molecule has 4 aliphatic rings. The molecular weight excluding hydrogens is 572 g/mol. The van der Waals surface area contributed by atoms with Crippen LogP contribution in [0.15, 0.2) is 72.3 Å². The van der Waals surface area contributed by atoms with Gasteiger partial charge >= 0.3 is 5.97 Å². The Kier molecular flexibility index (Phi) is 8.39. The molecule has 3 fully saturated rings. The molecule has 7 nitrogen and oxygen atoms in total. The summed E-state index contributed by atoms with van der Waals surface area (Å²) in [5, 5.41) is 9.45. The smallest absolute Gasteiger partial charge is 0.335 e. The van der Waals surface area contributed by atoms with Gasteiger partial charge in [-0.15, -0.1) is 0 Å². The van der Waals surface area contributed by atoms with Gasteiger partial charge in [-0.25, -0.2) is 9.78 Å². The summed E-state index contributed by atoms with van der Waals surface area (Å²) in [6, 6.07) is 16.8. The number of nitrogens with zero attached hydrogens (tertiary/aromatic N) is 4. The number of aryl methyl sites for hydroxylation is 1. The van der Waals surface area contributed by atoms with Crippen LogP contribution >= 0.6 is 0 Å². The highest BCUT2D eigenvalue weighted by Crippen LogP contribution is 2.49. The van der Waals surface area contributed by atoms with Gasteiger partial charge in [-0.1, -0.05) is 50.3 Å². The molecule has 4 heterocycles.